The number of hydrogen-bond donors (Lipinski definition) is 3. The van der Waals surface area contributed by atoms with Gasteiger partial charge in [0.15, 0.2) is 0 Å². The second kappa shape index (κ2) is 7.47. The van der Waals surface area contributed by atoms with Crippen molar-refractivity contribution in [2.45, 2.75) is 33.1 Å². The van der Waals surface area contributed by atoms with Crippen molar-refractivity contribution in [3.63, 3.8) is 0 Å². The van der Waals surface area contributed by atoms with Crippen LogP contribution in [-0.4, -0.2) is 21.4 Å². The molecule has 0 amide bonds. The molecule has 1 heterocycles. The van der Waals surface area contributed by atoms with Crippen LogP contribution in [0.1, 0.15) is 33.1 Å². The molecule has 0 saturated carbocycles. The van der Waals surface area contributed by atoms with E-state index in [2.05, 4.69) is 34.6 Å². The van der Waals surface area contributed by atoms with Gasteiger partial charge in [-0.1, -0.05) is 26.7 Å². The number of anilines is 2. The third kappa shape index (κ3) is 4.66. The number of nitrogens with two attached hydrogens (primary N) is 1. The lowest BCUT2D eigenvalue weighted by molar-refractivity contribution is -0.383. The van der Waals surface area contributed by atoms with Crippen molar-refractivity contribution >= 4 is 17.3 Å². The second-order valence-corrected chi connectivity index (χ2v) is 4.64. The molecular weight excluding hydrogens is 248 g/mol. The topological polar surface area (TPSA) is 119 Å². The van der Waals surface area contributed by atoms with Crippen LogP contribution < -0.4 is 16.6 Å². The maximum atomic E-state index is 11.0. The van der Waals surface area contributed by atoms with Crippen LogP contribution in [0.4, 0.5) is 17.3 Å². The van der Waals surface area contributed by atoms with Crippen molar-refractivity contribution in [3.05, 3.63) is 16.4 Å². The van der Waals surface area contributed by atoms with Gasteiger partial charge in [0.1, 0.15) is 6.33 Å². The molecule has 1 rings (SSSR count). The summed E-state index contributed by atoms with van der Waals surface area (Å²) < 4.78 is 0. The molecule has 1 aromatic heterocycles. The molecule has 0 radical (unpaired) electrons. The lowest BCUT2D eigenvalue weighted by Crippen LogP contribution is -2.14. The summed E-state index contributed by atoms with van der Waals surface area (Å²) >= 11 is 0. The summed E-state index contributed by atoms with van der Waals surface area (Å²) in [7, 11) is 0. The molecule has 0 aromatic carbocycles. The molecule has 4 N–H and O–H groups in total. The fraction of sp³-hybridized carbons (Fsp3) is 0.636. The normalized spacial score (nSPS) is 10.5. The third-order valence-corrected chi connectivity index (χ3v) is 2.64. The minimum Gasteiger partial charge on any atom is -0.364 e. The summed E-state index contributed by atoms with van der Waals surface area (Å²) in [6.07, 6.45) is 4.39. The highest BCUT2D eigenvalue weighted by molar-refractivity contribution is 5.68. The highest BCUT2D eigenvalue weighted by Crippen LogP contribution is 2.27. The lowest BCUT2D eigenvalue weighted by Gasteiger charge is -2.08. The monoisotopic (exact) mass is 268 g/mol. The highest BCUT2D eigenvalue weighted by atomic mass is 16.6. The average molecular weight is 268 g/mol. The Kier molecular flexibility index (Phi) is 5.94. The molecule has 1 aromatic rings. The first-order valence-corrected chi connectivity index (χ1v) is 6.26. The molecule has 0 spiro atoms. The summed E-state index contributed by atoms with van der Waals surface area (Å²) in [6.45, 7) is 4.97. The standard InChI is InChI=1S/C11H20N6O2/c1-8(2)5-3-4-6-13-10-9(17(18)19)11(16-12)15-7-14-10/h7-8H,3-6,12H2,1-2H3,(H2,13,14,15,16). The SMILES string of the molecule is CC(C)CCCCNc1ncnc(NN)c1[N+](=O)[O-]. The van der Waals surface area contributed by atoms with Crippen LogP contribution in [-0.2, 0) is 0 Å². The van der Waals surface area contributed by atoms with Gasteiger partial charge in [-0.05, 0) is 12.3 Å². The van der Waals surface area contributed by atoms with E-state index in [0.29, 0.717) is 12.5 Å². The van der Waals surface area contributed by atoms with E-state index in [9.17, 15) is 10.1 Å². The Labute approximate surface area is 111 Å². The Bertz CT molecular complexity index is 424. The molecule has 0 aliphatic heterocycles. The number of rotatable bonds is 8. The molecule has 8 nitrogen and oxygen atoms in total. The number of nitro groups is 1. The van der Waals surface area contributed by atoms with Crippen LogP contribution >= 0.6 is 0 Å². The largest absolute Gasteiger partial charge is 0.364 e. The zero-order chi connectivity index (χ0) is 14.3. The quantitative estimate of drug-likeness (QED) is 0.285. The van der Waals surface area contributed by atoms with Crippen molar-refractivity contribution in [1.82, 2.24) is 9.97 Å². The van der Waals surface area contributed by atoms with Crippen LogP contribution in [0.25, 0.3) is 0 Å². The zero-order valence-corrected chi connectivity index (χ0v) is 11.2. The van der Waals surface area contributed by atoms with Gasteiger partial charge in [-0.25, -0.2) is 15.8 Å². The van der Waals surface area contributed by atoms with Gasteiger partial charge in [0.2, 0.25) is 11.6 Å². The first kappa shape index (κ1) is 15.1. The molecule has 0 aliphatic carbocycles. The van der Waals surface area contributed by atoms with Gasteiger partial charge in [0, 0.05) is 6.54 Å². The number of nitrogen functional groups attached to an aromatic ring is 1. The minimum absolute atomic E-state index is 0.00433. The number of hydrazine groups is 1. The highest BCUT2D eigenvalue weighted by Gasteiger charge is 2.21. The van der Waals surface area contributed by atoms with Crippen molar-refractivity contribution < 1.29 is 4.92 Å². The van der Waals surface area contributed by atoms with Crippen LogP contribution in [0.15, 0.2) is 6.33 Å². The molecule has 106 valence electrons. The maximum Gasteiger partial charge on any atom is 0.354 e. The minimum atomic E-state index is -0.550. The van der Waals surface area contributed by atoms with E-state index in [-0.39, 0.29) is 17.3 Å². The van der Waals surface area contributed by atoms with E-state index in [1.165, 1.54) is 6.33 Å². The first-order valence-electron chi connectivity index (χ1n) is 6.26. The van der Waals surface area contributed by atoms with Crippen molar-refractivity contribution in [3.8, 4) is 0 Å². The summed E-state index contributed by atoms with van der Waals surface area (Å²) in [5.74, 6) is 6.06. The van der Waals surface area contributed by atoms with Crippen LogP contribution in [0.5, 0.6) is 0 Å². The molecule has 0 bridgehead atoms. The predicted molar refractivity (Wildman–Crippen MR) is 73.7 cm³/mol. The molecule has 0 aliphatic rings. The van der Waals surface area contributed by atoms with Gasteiger partial charge in [-0.3, -0.25) is 10.1 Å². The Morgan fingerprint density at radius 1 is 1.37 bits per heavy atom. The lowest BCUT2D eigenvalue weighted by atomic mass is 10.1. The molecule has 0 unspecified atom stereocenters. The number of nitrogens with one attached hydrogen (secondary N) is 2. The van der Waals surface area contributed by atoms with E-state index in [1.54, 1.807) is 0 Å². The molecule has 8 heteroatoms. The molecule has 19 heavy (non-hydrogen) atoms. The summed E-state index contributed by atoms with van der Waals surface area (Å²) in [5.41, 5.74) is 1.97. The molecule has 0 saturated heterocycles. The molecular formula is C11H20N6O2. The summed E-state index contributed by atoms with van der Waals surface area (Å²) in [6, 6.07) is 0. The van der Waals surface area contributed by atoms with Gasteiger partial charge in [0.05, 0.1) is 4.92 Å². The van der Waals surface area contributed by atoms with E-state index < -0.39 is 4.92 Å². The van der Waals surface area contributed by atoms with Crippen LogP contribution in [0, 0.1) is 16.0 Å². The van der Waals surface area contributed by atoms with Gasteiger partial charge in [0.25, 0.3) is 0 Å². The smallest absolute Gasteiger partial charge is 0.354 e. The average Bonchev–Trinajstić information content (AvgIpc) is 2.37. The first-order chi connectivity index (χ1) is 9.06. The van der Waals surface area contributed by atoms with E-state index in [4.69, 9.17) is 5.84 Å². The summed E-state index contributed by atoms with van der Waals surface area (Å²) in [4.78, 5) is 18.0. The van der Waals surface area contributed by atoms with Gasteiger partial charge < -0.3 is 10.7 Å². The van der Waals surface area contributed by atoms with E-state index >= 15 is 0 Å². The van der Waals surface area contributed by atoms with Crippen molar-refractivity contribution in [2.24, 2.45) is 11.8 Å². The van der Waals surface area contributed by atoms with Gasteiger partial charge in [-0.15, -0.1) is 0 Å². The van der Waals surface area contributed by atoms with E-state index in [1.807, 2.05) is 0 Å². The molecule has 0 atom stereocenters. The molecule has 0 fully saturated rings. The Hall–Kier alpha value is -1.96. The number of unbranched alkanes of at least 4 members (excludes halogenated alkanes) is 1. The van der Waals surface area contributed by atoms with Crippen molar-refractivity contribution in [2.75, 3.05) is 17.3 Å². The Morgan fingerprint density at radius 2 is 2.05 bits per heavy atom. The van der Waals surface area contributed by atoms with Crippen LogP contribution in [0.3, 0.4) is 0 Å². The Balaban J connectivity index is 2.60. The third-order valence-electron chi connectivity index (χ3n) is 2.64. The van der Waals surface area contributed by atoms with E-state index in [0.717, 1.165) is 19.3 Å². The van der Waals surface area contributed by atoms with Gasteiger partial charge >= 0.3 is 5.69 Å². The zero-order valence-electron chi connectivity index (χ0n) is 11.2. The predicted octanol–water partition coefficient (Wildman–Crippen LogP) is 1.91. The fourth-order valence-corrected chi connectivity index (χ4v) is 1.67. The van der Waals surface area contributed by atoms with Crippen LogP contribution in [0.2, 0.25) is 0 Å². The number of hydrogen-bond acceptors (Lipinski definition) is 7. The van der Waals surface area contributed by atoms with Crippen molar-refractivity contribution in [1.29, 1.82) is 0 Å². The number of nitrogens with zero attached hydrogens (tertiary/aromatic N) is 3. The van der Waals surface area contributed by atoms with Gasteiger partial charge in [-0.2, -0.15) is 0 Å². The number of aromatic nitrogens is 2. The fourth-order valence-electron chi connectivity index (χ4n) is 1.67. The second-order valence-electron chi connectivity index (χ2n) is 4.64. The Morgan fingerprint density at radius 3 is 2.63 bits per heavy atom. The maximum absolute atomic E-state index is 11.0. The summed E-state index contributed by atoms with van der Waals surface area (Å²) in [5, 5.41) is 13.9.